The second-order valence-electron chi connectivity index (χ2n) is 9.70. The van der Waals surface area contributed by atoms with Crippen molar-refractivity contribution in [1.29, 1.82) is 0 Å². The van der Waals surface area contributed by atoms with Crippen LogP contribution in [0.25, 0.3) is 10.8 Å². The number of hydrogen-bond donors (Lipinski definition) is 1. The number of nitrogens with one attached hydrogen (secondary N) is 1. The lowest BCUT2D eigenvalue weighted by molar-refractivity contribution is -0.149. The third kappa shape index (κ3) is 4.99. The molecule has 9 heteroatoms. The number of rotatable bonds is 4. The van der Waals surface area contributed by atoms with E-state index in [2.05, 4.69) is 10.2 Å². The summed E-state index contributed by atoms with van der Waals surface area (Å²) in [6.45, 7) is 5.90. The lowest BCUT2D eigenvalue weighted by Gasteiger charge is -2.35. The Morgan fingerprint density at radius 2 is 1.60 bits per heavy atom. The van der Waals surface area contributed by atoms with Gasteiger partial charge in [-0.1, -0.05) is 45.0 Å². The molecule has 1 aromatic heterocycles. The van der Waals surface area contributed by atoms with Crippen molar-refractivity contribution in [3.05, 3.63) is 75.5 Å². The molecule has 0 spiro atoms. The van der Waals surface area contributed by atoms with Crippen LogP contribution in [0.5, 0.6) is 0 Å². The zero-order valence-corrected chi connectivity index (χ0v) is 19.9. The van der Waals surface area contributed by atoms with Crippen LogP contribution >= 0.6 is 0 Å². The number of fused-ring (bicyclic) bond motifs is 1. The van der Waals surface area contributed by atoms with Crippen molar-refractivity contribution in [1.82, 2.24) is 20.0 Å². The van der Waals surface area contributed by atoms with Crippen LogP contribution in [-0.2, 0) is 16.0 Å². The van der Waals surface area contributed by atoms with Gasteiger partial charge >= 0.3 is 0 Å². The molecule has 0 unspecified atom stereocenters. The summed E-state index contributed by atoms with van der Waals surface area (Å²) in [5, 5.41) is 7.84. The van der Waals surface area contributed by atoms with E-state index in [0.29, 0.717) is 28.5 Å². The average molecular weight is 479 g/mol. The van der Waals surface area contributed by atoms with E-state index < -0.39 is 28.8 Å². The molecule has 2 aromatic carbocycles. The Morgan fingerprint density at radius 1 is 0.971 bits per heavy atom. The summed E-state index contributed by atoms with van der Waals surface area (Å²) >= 11 is 0. The highest BCUT2D eigenvalue weighted by Crippen LogP contribution is 2.21. The van der Waals surface area contributed by atoms with Gasteiger partial charge in [0.05, 0.1) is 16.6 Å². The number of halogens is 1. The molecule has 1 aliphatic rings. The summed E-state index contributed by atoms with van der Waals surface area (Å²) in [5.41, 5.74) is 0.146. The second-order valence-corrected chi connectivity index (χ2v) is 9.70. The predicted octanol–water partition coefficient (Wildman–Crippen LogP) is 2.55. The number of Topliss-reactive ketones (excluding diaryl/α,β-unsaturated/α-hetero) is 1. The van der Waals surface area contributed by atoms with E-state index in [1.54, 1.807) is 45.0 Å². The molecule has 1 saturated heterocycles. The first-order valence-corrected chi connectivity index (χ1v) is 11.4. The van der Waals surface area contributed by atoms with Crippen LogP contribution in [0, 0.1) is 11.2 Å². The molecule has 0 saturated carbocycles. The minimum absolute atomic E-state index is 0.0678. The number of nitrogens with zero attached hydrogens (tertiary/aromatic N) is 3. The molecule has 0 bridgehead atoms. The lowest BCUT2D eigenvalue weighted by Crippen LogP contribution is -2.53. The van der Waals surface area contributed by atoms with Gasteiger partial charge in [-0.05, 0) is 23.8 Å². The van der Waals surface area contributed by atoms with Gasteiger partial charge < -0.3 is 9.80 Å². The number of piperazine rings is 1. The van der Waals surface area contributed by atoms with Crippen LogP contribution in [0.15, 0.2) is 47.3 Å². The van der Waals surface area contributed by atoms with Gasteiger partial charge in [-0.3, -0.25) is 19.2 Å². The van der Waals surface area contributed by atoms with Crippen LogP contribution in [0.3, 0.4) is 0 Å². The molecule has 2 heterocycles. The van der Waals surface area contributed by atoms with E-state index >= 15 is 0 Å². The zero-order valence-electron chi connectivity index (χ0n) is 19.9. The number of hydrogen-bond acceptors (Lipinski definition) is 5. The molecule has 0 atom stereocenters. The fraction of sp³-hybridized carbons (Fsp3) is 0.346. The molecule has 0 radical (unpaired) electrons. The largest absolute Gasteiger partial charge is 0.335 e. The Labute approximate surface area is 201 Å². The summed E-state index contributed by atoms with van der Waals surface area (Å²) in [7, 11) is 0. The van der Waals surface area contributed by atoms with Crippen molar-refractivity contribution in [3.8, 4) is 0 Å². The van der Waals surface area contributed by atoms with Crippen molar-refractivity contribution >= 4 is 28.4 Å². The van der Waals surface area contributed by atoms with E-state index in [1.165, 1.54) is 21.9 Å². The molecular formula is C26H27FN4O4. The van der Waals surface area contributed by atoms with Gasteiger partial charge in [0.25, 0.3) is 17.4 Å². The standard InChI is InChI=1S/C26H27FN4O4/c1-26(2,3)22(32)25(35)31-12-10-30(11-13-31)24(34)19-14-16(8-9-20(19)27)15-21-17-6-4-5-7-18(17)23(33)29-28-21/h4-9,14H,10-13,15H2,1-3H3,(H,29,33). The Morgan fingerprint density at radius 3 is 2.26 bits per heavy atom. The maximum atomic E-state index is 14.6. The molecule has 1 fully saturated rings. The fourth-order valence-electron chi connectivity index (χ4n) is 4.09. The normalized spacial score (nSPS) is 14.3. The lowest BCUT2D eigenvalue weighted by atomic mass is 9.90. The third-order valence-electron chi connectivity index (χ3n) is 6.14. The SMILES string of the molecule is CC(C)(C)C(=O)C(=O)N1CCN(C(=O)c2cc(Cc3n[nH]c(=O)c4ccccc34)ccc2F)CC1. The fourth-order valence-corrected chi connectivity index (χ4v) is 4.09. The van der Waals surface area contributed by atoms with E-state index in [0.717, 1.165) is 0 Å². The van der Waals surface area contributed by atoms with Crippen molar-refractivity contribution < 1.29 is 18.8 Å². The molecule has 4 rings (SSSR count). The topological polar surface area (TPSA) is 103 Å². The number of carbonyl (C=O) groups excluding carboxylic acids is 3. The first-order chi connectivity index (χ1) is 16.6. The molecule has 2 amide bonds. The smallest absolute Gasteiger partial charge is 0.290 e. The van der Waals surface area contributed by atoms with Crippen LogP contribution in [-0.4, -0.2) is 63.8 Å². The van der Waals surface area contributed by atoms with Gasteiger partial charge in [-0.25, -0.2) is 9.49 Å². The van der Waals surface area contributed by atoms with Gasteiger partial charge in [0.15, 0.2) is 0 Å². The molecule has 1 aliphatic heterocycles. The maximum absolute atomic E-state index is 14.6. The van der Waals surface area contributed by atoms with Gasteiger partial charge in [0.2, 0.25) is 5.78 Å². The number of H-pyrrole nitrogens is 1. The average Bonchev–Trinajstić information content (AvgIpc) is 2.85. The van der Waals surface area contributed by atoms with Gasteiger partial charge in [-0.15, -0.1) is 0 Å². The quantitative estimate of drug-likeness (QED) is 0.581. The molecule has 35 heavy (non-hydrogen) atoms. The highest BCUT2D eigenvalue weighted by atomic mass is 19.1. The van der Waals surface area contributed by atoms with E-state index in [-0.39, 0.29) is 37.3 Å². The van der Waals surface area contributed by atoms with Crippen LogP contribution in [0.2, 0.25) is 0 Å². The van der Waals surface area contributed by atoms with E-state index in [4.69, 9.17) is 0 Å². The maximum Gasteiger partial charge on any atom is 0.290 e. The molecule has 8 nitrogen and oxygen atoms in total. The van der Waals surface area contributed by atoms with Gasteiger partial charge in [0.1, 0.15) is 5.82 Å². The van der Waals surface area contributed by atoms with Crippen molar-refractivity contribution in [2.45, 2.75) is 27.2 Å². The first kappa shape index (κ1) is 24.3. The number of aromatic amines is 1. The number of carbonyl (C=O) groups is 3. The summed E-state index contributed by atoms with van der Waals surface area (Å²) < 4.78 is 14.6. The zero-order chi connectivity index (χ0) is 25.3. The van der Waals surface area contributed by atoms with Crippen molar-refractivity contribution in [2.75, 3.05) is 26.2 Å². The molecule has 1 N–H and O–H groups in total. The third-order valence-corrected chi connectivity index (χ3v) is 6.14. The van der Waals surface area contributed by atoms with Gasteiger partial charge in [0, 0.05) is 43.4 Å². The van der Waals surface area contributed by atoms with E-state index in [1.807, 2.05) is 6.07 Å². The van der Waals surface area contributed by atoms with Crippen LogP contribution in [0.1, 0.15) is 42.4 Å². The predicted molar refractivity (Wildman–Crippen MR) is 129 cm³/mol. The Hall–Kier alpha value is -3.88. The van der Waals surface area contributed by atoms with Crippen molar-refractivity contribution in [2.24, 2.45) is 5.41 Å². The molecule has 3 aromatic rings. The highest BCUT2D eigenvalue weighted by Gasteiger charge is 2.34. The van der Waals surface area contributed by atoms with Gasteiger partial charge in [-0.2, -0.15) is 5.10 Å². The summed E-state index contributed by atoms with van der Waals surface area (Å²) in [4.78, 5) is 52.8. The van der Waals surface area contributed by atoms with Crippen LogP contribution < -0.4 is 5.56 Å². The Bertz CT molecular complexity index is 1370. The monoisotopic (exact) mass is 478 g/mol. The summed E-state index contributed by atoms with van der Waals surface area (Å²) in [5.74, 6) is -2.14. The molecule has 182 valence electrons. The molecular weight excluding hydrogens is 451 g/mol. The Balaban J connectivity index is 1.50. The number of benzene rings is 2. The summed E-state index contributed by atoms with van der Waals surface area (Å²) in [6, 6.07) is 11.4. The minimum atomic E-state index is -0.778. The van der Waals surface area contributed by atoms with E-state index in [9.17, 15) is 23.6 Å². The molecule has 0 aliphatic carbocycles. The first-order valence-electron chi connectivity index (χ1n) is 11.4. The van der Waals surface area contributed by atoms with Crippen molar-refractivity contribution in [3.63, 3.8) is 0 Å². The number of ketones is 1. The second kappa shape index (κ2) is 9.40. The summed E-state index contributed by atoms with van der Waals surface area (Å²) in [6.07, 6.45) is 0.301. The van der Waals surface area contributed by atoms with Crippen LogP contribution in [0.4, 0.5) is 4.39 Å². The highest BCUT2D eigenvalue weighted by molar-refractivity contribution is 6.37. The number of amides is 2. The Kier molecular flexibility index (Phi) is 6.51. The minimum Gasteiger partial charge on any atom is -0.335 e. The number of aromatic nitrogens is 2.